The Hall–Kier alpha value is -2.24. The van der Waals surface area contributed by atoms with E-state index in [1.165, 1.54) is 4.90 Å². The fourth-order valence-electron chi connectivity index (χ4n) is 1.64. The molecule has 0 aliphatic carbocycles. The van der Waals surface area contributed by atoms with Crippen LogP contribution in [0.4, 0.5) is 10.5 Å². The number of hydrogen-bond donors (Lipinski definition) is 1. The number of ether oxygens (including phenoxy) is 2. The summed E-state index contributed by atoms with van der Waals surface area (Å²) in [6, 6.07) is 7.02. The van der Waals surface area contributed by atoms with E-state index in [-0.39, 0.29) is 12.5 Å². The van der Waals surface area contributed by atoms with E-state index in [1.807, 2.05) is 0 Å². The summed E-state index contributed by atoms with van der Waals surface area (Å²) in [6.07, 6.45) is -0.448. The summed E-state index contributed by atoms with van der Waals surface area (Å²) in [6.45, 7) is 0.783. The number of carbonyl (C=O) groups is 2. The van der Waals surface area contributed by atoms with Crippen molar-refractivity contribution in [3.05, 3.63) is 24.3 Å². The lowest BCUT2D eigenvalue weighted by atomic mass is 10.3. The van der Waals surface area contributed by atoms with E-state index in [1.54, 1.807) is 31.4 Å². The number of nitrogens with zero attached hydrogens (tertiary/aromatic N) is 1. The van der Waals surface area contributed by atoms with Gasteiger partial charge in [0, 0.05) is 11.8 Å². The number of hydrogen-bond acceptors (Lipinski definition) is 4. The van der Waals surface area contributed by atoms with E-state index in [0.29, 0.717) is 24.6 Å². The number of cyclic esters (lactones) is 1. The van der Waals surface area contributed by atoms with Gasteiger partial charge in [-0.2, -0.15) is 0 Å². The summed E-state index contributed by atoms with van der Waals surface area (Å²) >= 11 is 0. The lowest BCUT2D eigenvalue weighted by molar-refractivity contribution is -0.116. The monoisotopic (exact) mass is 250 g/mol. The molecule has 0 radical (unpaired) electrons. The van der Waals surface area contributed by atoms with Crippen molar-refractivity contribution in [2.45, 2.75) is 0 Å². The molecule has 2 rings (SSSR count). The molecule has 0 aromatic heterocycles. The first-order valence-electron chi connectivity index (χ1n) is 5.54. The van der Waals surface area contributed by atoms with Crippen molar-refractivity contribution in [3.8, 4) is 5.75 Å². The molecule has 6 heteroatoms. The molecule has 0 spiro atoms. The van der Waals surface area contributed by atoms with Gasteiger partial charge in [0.1, 0.15) is 18.9 Å². The third kappa shape index (κ3) is 2.91. The van der Waals surface area contributed by atoms with Crippen molar-refractivity contribution in [2.75, 3.05) is 32.1 Å². The first kappa shape index (κ1) is 12.2. The van der Waals surface area contributed by atoms with Crippen molar-refractivity contribution in [1.29, 1.82) is 0 Å². The van der Waals surface area contributed by atoms with Gasteiger partial charge >= 0.3 is 6.09 Å². The lowest BCUT2D eigenvalue weighted by Crippen LogP contribution is -2.33. The van der Waals surface area contributed by atoms with Crippen LogP contribution >= 0.6 is 0 Å². The van der Waals surface area contributed by atoms with E-state index in [0.717, 1.165) is 0 Å². The van der Waals surface area contributed by atoms with E-state index in [9.17, 15) is 9.59 Å². The minimum absolute atomic E-state index is 0.00393. The van der Waals surface area contributed by atoms with Gasteiger partial charge in [-0.05, 0) is 12.1 Å². The van der Waals surface area contributed by atoms with E-state index in [4.69, 9.17) is 9.47 Å². The van der Waals surface area contributed by atoms with Gasteiger partial charge in [0.2, 0.25) is 5.91 Å². The summed E-state index contributed by atoms with van der Waals surface area (Å²) < 4.78 is 9.79. The zero-order chi connectivity index (χ0) is 13.0. The maximum absolute atomic E-state index is 11.7. The Balaban J connectivity index is 1.92. The van der Waals surface area contributed by atoms with Crippen LogP contribution in [0.25, 0.3) is 0 Å². The Labute approximate surface area is 104 Å². The molecule has 1 N–H and O–H groups in total. The zero-order valence-corrected chi connectivity index (χ0v) is 10.0. The number of anilines is 1. The Morgan fingerprint density at radius 2 is 2.39 bits per heavy atom. The fourth-order valence-corrected chi connectivity index (χ4v) is 1.64. The van der Waals surface area contributed by atoms with Gasteiger partial charge in [-0.3, -0.25) is 9.69 Å². The fraction of sp³-hybridized carbons (Fsp3) is 0.333. The third-order valence-corrected chi connectivity index (χ3v) is 2.53. The van der Waals surface area contributed by atoms with Crippen LogP contribution in [-0.4, -0.2) is 43.7 Å². The predicted molar refractivity (Wildman–Crippen MR) is 64.5 cm³/mol. The third-order valence-electron chi connectivity index (χ3n) is 2.53. The molecule has 0 saturated carbocycles. The highest BCUT2D eigenvalue weighted by atomic mass is 16.6. The number of methoxy groups -OCH3 is 1. The summed E-state index contributed by atoms with van der Waals surface area (Å²) in [5.74, 6) is 0.399. The molecule has 1 aromatic carbocycles. The number of nitrogens with one attached hydrogen (secondary N) is 1. The molecular weight excluding hydrogens is 236 g/mol. The highest BCUT2D eigenvalue weighted by Crippen LogP contribution is 2.16. The van der Waals surface area contributed by atoms with Gasteiger partial charge in [-0.15, -0.1) is 0 Å². The molecule has 1 saturated heterocycles. The molecule has 1 heterocycles. The highest BCUT2D eigenvalue weighted by Gasteiger charge is 2.23. The van der Waals surface area contributed by atoms with E-state index < -0.39 is 6.09 Å². The largest absolute Gasteiger partial charge is 0.497 e. The summed E-state index contributed by atoms with van der Waals surface area (Å²) in [5, 5.41) is 2.70. The Morgan fingerprint density at radius 3 is 3.06 bits per heavy atom. The minimum atomic E-state index is -0.448. The van der Waals surface area contributed by atoms with Crippen LogP contribution < -0.4 is 10.1 Å². The normalized spacial score (nSPS) is 14.3. The summed E-state index contributed by atoms with van der Waals surface area (Å²) in [5.41, 5.74) is 0.631. The van der Waals surface area contributed by atoms with E-state index in [2.05, 4.69) is 5.32 Å². The van der Waals surface area contributed by atoms with Gasteiger partial charge < -0.3 is 14.8 Å². The Bertz CT molecular complexity index is 461. The Morgan fingerprint density at radius 1 is 1.56 bits per heavy atom. The molecule has 1 fully saturated rings. The topological polar surface area (TPSA) is 67.9 Å². The molecule has 0 bridgehead atoms. The first-order valence-corrected chi connectivity index (χ1v) is 5.54. The molecule has 0 unspecified atom stereocenters. The van der Waals surface area contributed by atoms with Crippen molar-refractivity contribution >= 4 is 17.7 Å². The number of rotatable bonds is 4. The average molecular weight is 250 g/mol. The van der Waals surface area contributed by atoms with Gasteiger partial charge in [0.25, 0.3) is 0 Å². The predicted octanol–water partition coefficient (Wildman–Crippen LogP) is 1.09. The number of amides is 2. The maximum Gasteiger partial charge on any atom is 0.410 e. The van der Waals surface area contributed by atoms with Crippen LogP contribution in [0.2, 0.25) is 0 Å². The van der Waals surface area contributed by atoms with E-state index >= 15 is 0 Å². The van der Waals surface area contributed by atoms with Gasteiger partial charge in [-0.25, -0.2) is 4.79 Å². The molecule has 2 amide bonds. The standard InChI is InChI=1S/C12H14N2O4/c1-17-10-4-2-3-9(7-10)13-11(15)8-14-5-6-18-12(14)16/h2-4,7H,5-6,8H2,1H3,(H,13,15). The van der Waals surface area contributed by atoms with Crippen molar-refractivity contribution in [2.24, 2.45) is 0 Å². The van der Waals surface area contributed by atoms with Crippen molar-refractivity contribution in [1.82, 2.24) is 4.90 Å². The molecule has 1 aliphatic heterocycles. The van der Waals surface area contributed by atoms with Crippen molar-refractivity contribution in [3.63, 3.8) is 0 Å². The van der Waals surface area contributed by atoms with Gasteiger partial charge in [-0.1, -0.05) is 6.07 Å². The molecule has 96 valence electrons. The molecule has 1 aliphatic rings. The quantitative estimate of drug-likeness (QED) is 0.868. The van der Waals surface area contributed by atoms with Crippen LogP contribution in [0.3, 0.4) is 0 Å². The Kier molecular flexibility index (Phi) is 3.66. The van der Waals surface area contributed by atoms with Gasteiger partial charge in [0.15, 0.2) is 0 Å². The van der Waals surface area contributed by atoms with Crippen LogP contribution in [0.5, 0.6) is 5.75 Å². The molecule has 0 atom stereocenters. The van der Waals surface area contributed by atoms with Gasteiger partial charge in [0.05, 0.1) is 13.7 Å². The van der Waals surface area contributed by atoms with Crippen LogP contribution in [0.15, 0.2) is 24.3 Å². The molecule has 6 nitrogen and oxygen atoms in total. The number of benzene rings is 1. The second kappa shape index (κ2) is 5.39. The lowest BCUT2D eigenvalue weighted by Gasteiger charge is -2.12. The smallest absolute Gasteiger partial charge is 0.410 e. The number of carbonyl (C=O) groups excluding carboxylic acids is 2. The molecule has 18 heavy (non-hydrogen) atoms. The summed E-state index contributed by atoms with van der Waals surface area (Å²) in [7, 11) is 1.56. The molecular formula is C12H14N2O4. The average Bonchev–Trinajstić information content (AvgIpc) is 2.75. The first-order chi connectivity index (χ1) is 8.69. The maximum atomic E-state index is 11.7. The second-order valence-electron chi connectivity index (χ2n) is 3.82. The second-order valence-corrected chi connectivity index (χ2v) is 3.82. The zero-order valence-electron chi connectivity index (χ0n) is 10.0. The SMILES string of the molecule is COc1cccc(NC(=O)CN2CCOC2=O)c1. The van der Waals surface area contributed by atoms with Crippen LogP contribution in [0.1, 0.15) is 0 Å². The molecule has 1 aromatic rings. The van der Waals surface area contributed by atoms with Crippen LogP contribution in [0, 0.1) is 0 Å². The minimum Gasteiger partial charge on any atom is -0.497 e. The van der Waals surface area contributed by atoms with Crippen LogP contribution in [-0.2, 0) is 9.53 Å². The summed E-state index contributed by atoms with van der Waals surface area (Å²) in [4.78, 5) is 24.2. The highest BCUT2D eigenvalue weighted by molar-refractivity contribution is 5.94. The van der Waals surface area contributed by atoms with Crippen molar-refractivity contribution < 1.29 is 19.1 Å².